The Bertz CT molecular complexity index is 867. The van der Waals surface area contributed by atoms with Crippen LogP contribution in [0.25, 0.3) is 11.1 Å². The van der Waals surface area contributed by atoms with Crippen LogP contribution >= 0.6 is 0 Å². The lowest BCUT2D eigenvalue weighted by Gasteiger charge is -2.21. The van der Waals surface area contributed by atoms with E-state index in [1.807, 2.05) is 50.2 Å². The standard InChI is InChI=1S/C24H29NO6/c1-15(2)11-22(23(28)30-13-16(27)12-26)25-24(29)31-14-21-19-9-5-3-7-17(19)18-8-4-6-10-20(18)21/h3-10,15-16,21-22,26-27H,11-14H2,1-2H3,(H,25,29)/t16?,22-/m0/s1. The van der Waals surface area contributed by atoms with Gasteiger partial charge in [0, 0.05) is 5.92 Å². The summed E-state index contributed by atoms with van der Waals surface area (Å²) >= 11 is 0. The van der Waals surface area contributed by atoms with Crippen molar-refractivity contribution >= 4 is 12.1 Å². The van der Waals surface area contributed by atoms with Crippen LogP contribution in [0.4, 0.5) is 4.79 Å². The Morgan fingerprint density at radius 3 is 2.13 bits per heavy atom. The number of hydrogen-bond acceptors (Lipinski definition) is 6. The van der Waals surface area contributed by atoms with Gasteiger partial charge in [0.25, 0.3) is 0 Å². The molecule has 1 aliphatic carbocycles. The fourth-order valence-electron chi connectivity index (χ4n) is 3.80. The van der Waals surface area contributed by atoms with Crippen LogP contribution in [0.5, 0.6) is 0 Å². The molecule has 1 unspecified atom stereocenters. The molecular weight excluding hydrogens is 398 g/mol. The molecule has 3 rings (SSSR count). The Morgan fingerprint density at radius 1 is 1.00 bits per heavy atom. The summed E-state index contributed by atoms with van der Waals surface area (Å²) in [5.41, 5.74) is 4.48. The van der Waals surface area contributed by atoms with Gasteiger partial charge in [-0.05, 0) is 34.6 Å². The molecular formula is C24H29NO6. The highest BCUT2D eigenvalue weighted by molar-refractivity contribution is 5.82. The van der Waals surface area contributed by atoms with E-state index >= 15 is 0 Å². The number of aliphatic hydroxyl groups excluding tert-OH is 2. The Morgan fingerprint density at radius 2 is 1.58 bits per heavy atom. The summed E-state index contributed by atoms with van der Waals surface area (Å²) in [5.74, 6) is -0.628. The molecule has 2 aromatic carbocycles. The Balaban J connectivity index is 1.63. The molecule has 1 aliphatic rings. The number of benzene rings is 2. The number of carbonyl (C=O) groups is 2. The average molecular weight is 427 g/mol. The van der Waals surface area contributed by atoms with Gasteiger partial charge >= 0.3 is 12.1 Å². The van der Waals surface area contributed by atoms with E-state index in [0.29, 0.717) is 6.42 Å². The molecule has 31 heavy (non-hydrogen) atoms. The van der Waals surface area contributed by atoms with E-state index in [9.17, 15) is 14.7 Å². The number of esters is 1. The summed E-state index contributed by atoms with van der Waals surface area (Å²) in [4.78, 5) is 24.8. The second-order valence-corrected chi connectivity index (χ2v) is 8.12. The second kappa shape index (κ2) is 10.4. The van der Waals surface area contributed by atoms with Gasteiger partial charge in [-0.15, -0.1) is 0 Å². The maximum Gasteiger partial charge on any atom is 0.407 e. The van der Waals surface area contributed by atoms with E-state index in [1.54, 1.807) is 0 Å². The quantitative estimate of drug-likeness (QED) is 0.532. The lowest BCUT2D eigenvalue weighted by Crippen LogP contribution is -2.44. The number of ether oxygens (including phenoxy) is 2. The van der Waals surface area contributed by atoms with Gasteiger partial charge in [-0.3, -0.25) is 0 Å². The van der Waals surface area contributed by atoms with Crippen LogP contribution in [0.2, 0.25) is 0 Å². The first-order valence-corrected chi connectivity index (χ1v) is 10.5. The van der Waals surface area contributed by atoms with Crippen LogP contribution in [0.15, 0.2) is 48.5 Å². The molecule has 0 heterocycles. The summed E-state index contributed by atoms with van der Waals surface area (Å²) in [5, 5.41) is 20.8. The minimum Gasteiger partial charge on any atom is -0.461 e. The minimum absolute atomic E-state index is 0.0756. The largest absolute Gasteiger partial charge is 0.461 e. The topological polar surface area (TPSA) is 105 Å². The van der Waals surface area contributed by atoms with Crippen molar-refractivity contribution in [1.82, 2.24) is 5.32 Å². The number of hydrogen-bond donors (Lipinski definition) is 3. The molecule has 0 aliphatic heterocycles. The summed E-state index contributed by atoms with van der Waals surface area (Å²) in [6.07, 6.45) is -1.50. The second-order valence-electron chi connectivity index (χ2n) is 8.12. The normalized spacial score (nSPS) is 14.5. The molecule has 3 N–H and O–H groups in total. The van der Waals surface area contributed by atoms with Crippen LogP contribution in [0.1, 0.15) is 37.3 Å². The summed E-state index contributed by atoms with van der Waals surface area (Å²) < 4.78 is 10.5. The maximum atomic E-state index is 12.5. The van der Waals surface area contributed by atoms with Gasteiger partial charge in [-0.2, -0.15) is 0 Å². The lowest BCUT2D eigenvalue weighted by molar-refractivity contribution is -0.150. The lowest BCUT2D eigenvalue weighted by atomic mass is 9.98. The number of amides is 1. The fourth-order valence-corrected chi connectivity index (χ4v) is 3.80. The molecule has 1 amide bonds. The van der Waals surface area contributed by atoms with E-state index in [0.717, 1.165) is 22.3 Å². The van der Waals surface area contributed by atoms with Crippen molar-refractivity contribution in [3.8, 4) is 11.1 Å². The molecule has 2 aromatic rings. The predicted molar refractivity (Wildman–Crippen MR) is 115 cm³/mol. The monoisotopic (exact) mass is 427 g/mol. The molecule has 0 saturated heterocycles. The number of rotatable bonds is 9. The van der Waals surface area contributed by atoms with Crippen molar-refractivity contribution in [1.29, 1.82) is 0 Å². The zero-order chi connectivity index (χ0) is 22.4. The smallest absolute Gasteiger partial charge is 0.407 e. The van der Waals surface area contributed by atoms with Gasteiger partial charge in [0.1, 0.15) is 25.4 Å². The molecule has 0 aromatic heterocycles. The molecule has 7 nitrogen and oxygen atoms in total. The van der Waals surface area contributed by atoms with E-state index in [-0.39, 0.29) is 25.0 Å². The van der Waals surface area contributed by atoms with E-state index in [1.165, 1.54) is 0 Å². The zero-order valence-electron chi connectivity index (χ0n) is 17.8. The van der Waals surface area contributed by atoms with E-state index in [2.05, 4.69) is 17.4 Å². The van der Waals surface area contributed by atoms with Gasteiger partial charge in [0.15, 0.2) is 0 Å². The van der Waals surface area contributed by atoms with Crippen LogP contribution in [-0.2, 0) is 14.3 Å². The summed E-state index contributed by atoms with van der Waals surface area (Å²) in [6.45, 7) is 3.13. The van der Waals surface area contributed by atoms with Crippen molar-refractivity contribution in [3.63, 3.8) is 0 Å². The molecule has 0 fully saturated rings. The number of nitrogens with one attached hydrogen (secondary N) is 1. The first-order chi connectivity index (χ1) is 14.9. The molecule has 0 radical (unpaired) electrons. The highest BCUT2D eigenvalue weighted by Gasteiger charge is 2.30. The minimum atomic E-state index is -1.15. The fraction of sp³-hybridized carbons (Fsp3) is 0.417. The molecule has 2 atom stereocenters. The van der Waals surface area contributed by atoms with Crippen molar-refractivity contribution < 1.29 is 29.3 Å². The molecule has 0 bridgehead atoms. The first kappa shape index (κ1) is 22.8. The summed E-state index contributed by atoms with van der Waals surface area (Å²) in [6, 6.07) is 15.2. The Kier molecular flexibility index (Phi) is 7.65. The Hall–Kier alpha value is -2.90. The number of fused-ring (bicyclic) bond motifs is 3. The third-order valence-electron chi connectivity index (χ3n) is 5.26. The molecule has 0 saturated carbocycles. The third-order valence-corrected chi connectivity index (χ3v) is 5.26. The summed E-state index contributed by atoms with van der Waals surface area (Å²) in [7, 11) is 0. The van der Waals surface area contributed by atoms with Crippen molar-refractivity contribution in [2.45, 2.75) is 38.3 Å². The Labute approximate surface area is 182 Å². The van der Waals surface area contributed by atoms with Gasteiger partial charge in [0.2, 0.25) is 0 Å². The molecule has 166 valence electrons. The third kappa shape index (κ3) is 5.62. The highest BCUT2D eigenvalue weighted by atomic mass is 16.6. The number of alkyl carbamates (subject to hydrolysis) is 1. The van der Waals surface area contributed by atoms with Gasteiger partial charge in [0.05, 0.1) is 6.61 Å². The van der Waals surface area contributed by atoms with Crippen molar-refractivity contribution in [2.24, 2.45) is 5.92 Å². The van der Waals surface area contributed by atoms with Gasteiger partial charge in [-0.1, -0.05) is 62.4 Å². The van der Waals surface area contributed by atoms with Crippen molar-refractivity contribution in [3.05, 3.63) is 59.7 Å². The van der Waals surface area contributed by atoms with Gasteiger partial charge in [-0.25, -0.2) is 9.59 Å². The van der Waals surface area contributed by atoms with Crippen molar-refractivity contribution in [2.75, 3.05) is 19.8 Å². The van der Waals surface area contributed by atoms with E-state index in [4.69, 9.17) is 14.6 Å². The van der Waals surface area contributed by atoms with Crippen LogP contribution in [0.3, 0.4) is 0 Å². The molecule has 0 spiro atoms. The van der Waals surface area contributed by atoms with E-state index < -0.39 is 30.8 Å². The zero-order valence-corrected chi connectivity index (χ0v) is 17.8. The number of aliphatic hydroxyl groups is 2. The highest BCUT2D eigenvalue weighted by Crippen LogP contribution is 2.44. The first-order valence-electron chi connectivity index (χ1n) is 10.5. The van der Waals surface area contributed by atoms with Crippen LogP contribution in [-0.4, -0.2) is 54.2 Å². The maximum absolute atomic E-state index is 12.5. The predicted octanol–water partition coefficient (Wildman–Crippen LogP) is 2.84. The molecule has 7 heteroatoms. The average Bonchev–Trinajstić information content (AvgIpc) is 3.08. The SMILES string of the molecule is CC(C)C[C@H](NC(=O)OCC1c2ccccc2-c2ccccc21)C(=O)OCC(O)CO. The van der Waals surface area contributed by atoms with Crippen LogP contribution < -0.4 is 5.32 Å². The van der Waals surface area contributed by atoms with Crippen LogP contribution in [0, 0.1) is 5.92 Å². The van der Waals surface area contributed by atoms with Gasteiger partial charge < -0.3 is 25.0 Å². The number of carbonyl (C=O) groups excluding carboxylic acids is 2.